The van der Waals surface area contributed by atoms with Gasteiger partial charge < -0.3 is 15.0 Å². The summed E-state index contributed by atoms with van der Waals surface area (Å²) in [7, 11) is 1.66. The minimum Gasteiger partial charge on any atom is -0.383 e. The number of hydrogen-bond donors (Lipinski definition) is 1. The Hall–Kier alpha value is -1.10. The standard InChI is InChI=1S/C15H20N2O2.ClH/c1-19-9-8-16-10-14(18)17-11-15(6-7-15)12-4-2-3-5-13(12)17;/h2-5,16H,6-11H2,1H3;1H. The summed E-state index contributed by atoms with van der Waals surface area (Å²) in [5.41, 5.74) is 2.75. The molecule has 5 heteroatoms. The van der Waals surface area contributed by atoms with Gasteiger partial charge in [0.05, 0.1) is 13.2 Å². The first-order chi connectivity index (χ1) is 9.27. The first-order valence-electron chi connectivity index (χ1n) is 6.86. The minimum atomic E-state index is 0. The molecule has 3 rings (SSSR count). The van der Waals surface area contributed by atoms with Gasteiger partial charge in [0.15, 0.2) is 0 Å². The van der Waals surface area contributed by atoms with Gasteiger partial charge >= 0.3 is 0 Å². The number of nitrogens with one attached hydrogen (secondary N) is 1. The van der Waals surface area contributed by atoms with E-state index in [1.54, 1.807) is 7.11 Å². The van der Waals surface area contributed by atoms with Crippen LogP contribution in [0, 0.1) is 0 Å². The van der Waals surface area contributed by atoms with Crippen LogP contribution >= 0.6 is 12.4 Å². The molecule has 1 saturated carbocycles. The van der Waals surface area contributed by atoms with Crippen molar-refractivity contribution in [1.29, 1.82) is 0 Å². The van der Waals surface area contributed by atoms with Gasteiger partial charge in [0.1, 0.15) is 0 Å². The zero-order valence-electron chi connectivity index (χ0n) is 11.7. The molecule has 1 aromatic rings. The second-order valence-electron chi connectivity index (χ2n) is 5.45. The van der Waals surface area contributed by atoms with Gasteiger partial charge in [0.2, 0.25) is 5.91 Å². The first kappa shape index (κ1) is 15.3. The van der Waals surface area contributed by atoms with Crippen molar-refractivity contribution in [1.82, 2.24) is 5.32 Å². The molecule has 110 valence electrons. The van der Waals surface area contributed by atoms with Crippen LogP contribution in [0.15, 0.2) is 24.3 Å². The Morgan fingerprint density at radius 3 is 2.85 bits per heavy atom. The molecular weight excluding hydrogens is 276 g/mol. The lowest BCUT2D eigenvalue weighted by atomic mass is 9.99. The van der Waals surface area contributed by atoms with E-state index < -0.39 is 0 Å². The number of rotatable bonds is 5. The van der Waals surface area contributed by atoms with Crippen molar-refractivity contribution in [2.45, 2.75) is 18.3 Å². The number of benzene rings is 1. The molecule has 4 nitrogen and oxygen atoms in total. The molecule has 1 amide bonds. The van der Waals surface area contributed by atoms with E-state index in [-0.39, 0.29) is 23.7 Å². The number of amides is 1. The summed E-state index contributed by atoms with van der Waals surface area (Å²) in [4.78, 5) is 14.3. The number of carbonyl (C=O) groups excluding carboxylic acids is 1. The molecule has 0 bridgehead atoms. The molecule has 0 aromatic heterocycles. The average molecular weight is 297 g/mol. The van der Waals surface area contributed by atoms with Crippen LogP contribution in [-0.2, 0) is 14.9 Å². The highest BCUT2D eigenvalue weighted by atomic mass is 35.5. The Bertz CT molecular complexity index is 489. The fraction of sp³-hybridized carbons (Fsp3) is 0.533. The fourth-order valence-corrected chi connectivity index (χ4v) is 2.90. The van der Waals surface area contributed by atoms with Crippen molar-refractivity contribution in [3.8, 4) is 0 Å². The fourth-order valence-electron chi connectivity index (χ4n) is 2.90. The normalized spacial score (nSPS) is 17.8. The van der Waals surface area contributed by atoms with Crippen LogP contribution < -0.4 is 10.2 Å². The maximum atomic E-state index is 12.3. The van der Waals surface area contributed by atoms with Crippen LogP contribution in [-0.4, -0.2) is 39.3 Å². The quantitative estimate of drug-likeness (QED) is 0.841. The largest absolute Gasteiger partial charge is 0.383 e. The molecule has 1 spiro atoms. The number of carbonyl (C=O) groups is 1. The number of anilines is 1. The SMILES string of the molecule is COCCNCC(=O)N1CC2(CC2)c2ccccc21.Cl. The van der Waals surface area contributed by atoms with E-state index in [0.717, 1.165) is 12.2 Å². The second kappa shape index (κ2) is 6.12. The summed E-state index contributed by atoms with van der Waals surface area (Å²) < 4.78 is 4.96. The van der Waals surface area contributed by atoms with Crippen LogP contribution in [0.25, 0.3) is 0 Å². The molecule has 1 heterocycles. The molecule has 1 fully saturated rings. The smallest absolute Gasteiger partial charge is 0.240 e. The number of para-hydroxylation sites is 1. The van der Waals surface area contributed by atoms with Crippen LogP contribution in [0.4, 0.5) is 5.69 Å². The zero-order chi connectivity index (χ0) is 13.3. The van der Waals surface area contributed by atoms with Gasteiger partial charge in [-0.2, -0.15) is 0 Å². The highest BCUT2D eigenvalue weighted by Crippen LogP contribution is 2.56. The predicted molar refractivity (Wildman–Crippen MR) is 81.7 cm³/mol. The number of nitrogens with zero attached hydrogens (tertiary/aromatic N) is 1. The predicted octanol–water partition coefficient (Wildman–Crippen LogP) is 1.72. The molecule has 1 aliphatic heterocycles. The van der Waals surface area contributed by atoms with Crippen molar-refractivity contribution >= 4 is 24.0 Å². The Kier molecular flexibility index (Phi) is 4.68. The molecule has 0 atom stereocenters. The van der Waals surface area contributed by atoms with Crippen LogP contribution in [0.5, 0.6) is 0 Å². The van der Waals surface area contributed by atoms with Gasteiger partial charge in [0.25, 0.3) is 0 Å². The maximum absolute atomic E-state index is 12.3. The molecular formula is C15H21ClN2O2. The molecule has 20 heavy (non-hydrogen) atoms. The number of halogens is 1. The number of ether oxygens (including phenoxy) is 1. The van der Waals surface area contributed by atoms with E-state index in [2.05, 4.69) is 23.5 Å². The second-order valence-corrected chi connectivity index (χ2v) is 5.45. The molecule has 0 radical (unpaired) electrons. The molecule has 2 aliphatic rings. The number of methoxy groups -OCH3 is 1. The first-order valence-corrected chi connectivity index (χ1v) is 6.86. The summed E-state index contributed by atoms with van der Waals surface area (Å²) in [5.74, 6) is 0.160. The summed E-state index contributed by atoms with van der Waals surface area (Å²) in [6, 6.07) is 8.33. The molecule has 1 N–H and O–H groups in total. The third-order valence-corrected chi connectivity index (χ3v) is 4.14. The van der Waals surface area contributed by atoms with E-state index in [1.165, 1.54) is 18.4 Å². The topological polar surface area (TPSA) is 41.6 Å². The Balaban J connectivity index is 0.00000147. The van der Waals surface area contributed by atoms with Crippen molar-refractivity contribution in [2.24, 2.45) is 0 Å². The molecule has 1 aliphatic carbocycles. The summed E-state index contributed by atoms with van der Waals surface area (Å²) in [5, 5.41) is 3.13. The molecule has 1 aromatic carbocycles. The third kappa shape index (κ3) is 2.68. The zero-order valence-corrected chi connectivity index (χ0v) is 12.5. The molecule has 0 unspecified atom stereocenters. The summed E-state index contributed by atoms with van der Waals surface area (Å²) in [6.07, 6.45) is 2.43. The van der Waals surface area contributed by atoms with Crippen LogP contribution in [0.2, 0.25) is 0 Å². The van der Waals surface area contributed by atoms with Crippen molar-refractivity contribution in [2.75, 3.05) is 38.3 Å². The summed E-state index contributed by atoms with van der Waals surface area (Å²) >= 11 is 0. The van der Waals surface area contributed by atoms with E-state index in [4.69, 9.17) is 4.74 Å². The monoisotopic (exact) mass is 296 g/mol. The van der Waals surface area contributed by atoms with E-state index in [9.17, 15) is 4.79 Å². The average Bonchev–Trinajstić information content (AvgIpc) is 3.13. The van der Waals surface area contributed by atoms with Gasteiger partial charge in [-0.1, -0.05) is 18.2 Å². The van der Waals surface area contributed by atoms with Crippen LogP contribution in [0.3, 0.4) is 0 Å². The van der Waals surface area contributed by atoms with Gasteiger partial charge in [0, 0.05) is 31.3 Å². The van der Waals surface area contributed by atoms with Gasteiger partial charge in [-0.15, -0.1) is 12.4 Å². The van der Waals surface area contributed by atoms with Crippen molar-refractivity contribution in [3.05, 3.63) is 29.8 Å². The Labute approximate surface area is 125 Å². The van der Waals surface area contributed by atoms with E-state index in [1.807, 2.05) is 11.0 Å². The van der Waals surface area contributed by atoms with Gasteiger partial charge in [-0.25, -0.2) is 0 Å². The third-order valence-electron chi connectivity index (χ3n) is 4.14. The molecule has 0 saturated heterocycles. The van der Waals surface area contributed by atoms with E-state index >= 15 is 0 Å². The van der Waals surface area contributed by atoms with Crippen molar-refractivity contribution in [3.63, 3.8) is 0 Å². The van der Waals surface area contributed by atoms with Gasteiger partial charge in [-0.05, 0) is 24.5 Å². The van der Waals surface area contributed by atoms with Crippen molar-refractivity contribution < 1.29 is 9.53 Å². The van der Waals surface area contributed by atoms with Gasteiger partial charge in [-0.3, -0.25) is 4.79 Å². The number of hydrogen-bond acceptors (Lipinski definition) is 3. The Morgan fingerprint density at radius 2 is 2.15 bits per heavy atom. The summed E-state index contributed by atoms with van der Waals surface area (Å²) in [6.45, 7) is 2.58. The lowest BCUT2D eigenvalue weighted by molar-refractivity contribution is -0.117. The highest BCUT2D eigenvalue weighted by molar-refractivity contribution is 5.98. The lowest BCUT2D eigenvalue weighted by Crippen LogP contribution is -2.39. The Morgan fingerprint density at radius 1 is 1.40 bits per heavy atom. The maximum Gasteiger partial charge on any atom is 0.240 e. The minimum absolute atomic E-state index is 0. The lowest BCUT2D eigenvalue weighted by Gasteiger charge is -2.18. The number of fused-ring (bicyclic) bond motifs is 2. The van der Waals surface area contributed by atoms with E-state index in [0.29, 0.717) is 19.7 Å². The van der Waals surface area contributed by atoms with Crippen LogP contribution in [0.1, 0.15) is 18.4 Å². The highest BCUT2D eigenvalue weighted by Gasteiger charge is 2.52.